The summed E-state index contributed by atoms with van der Waals surface area (Å²) >= 11 is 0. The second kappa shape index (κ2) is 5.52. The second-order valence-electron chi connectivity index (χ2n) is 5.24. The molecule has 0 aliphatic heterocycles. The predicted molar refractivity (Wildman–Crippen MR) is 84.1 cm³/mol. The standard InChI is InChI=1S/C15H21N3O2S/c1-6-18-13(5)15(12(4)16-18)17-21(19,20)14-9-10(2)7-8-11(14)3/h7-9,17H,6H2,1-5H3. The van der Waals surface area contributed by atoms with Crippen LogP contribution in [-0.4, -0.2) is 18.2 Å². The third-order valence-electron chi connectivity index (χ3n) is 3.55. The SMILES string of the molecule is CCn1nc(C)c(NS(=O)(=O)c2cc(C)ccc2C)c1C. The first-order valence-corrected chi connectivity index (χ1v) is 8.38. The van der Waals surface area contributed by atoms with Crippen molar-refractivity contribution < 1.29 is 8.42 Å². The Hall–Kier alpha value is -1.82. The van der Waals surface area contributed by atoms with Gasteiger partial charge in [-0.2, -0.15) is 5.10 Å². The van der Waals surface area contributed by atoms with Crippen molar-refractivity contribution in [2.75, 3.05) is 4.72 Å². The van der Waals surface area contributed by atoms with Crippen LogP contribution in [0.2, 0.25) is 0 Å². The number of rotatable bonds is 4. The topological polar surface area (TPSA) is 64.0 Å². The zero-order valence-corrected chi connectivity index (χ0v) is 13.9. The molecule has 5 nitrogen and oxygen atoms in total. The lowest BCUT2D eigenvalue weighted by molar-refractivity contribution is 0.600. The molecule has 1 aromatic carbocycles. The Labute approximate surface area is 126 Å². The summed E-state index contributed by atoms with van der Waals surface area (Å²) in [7, 11) is -3.61. The second-order valence-corrected chi connectivity index (χ2v) is 6.89. The smallest absolute Gasteiger partial charge is 0.262 e. The summed E-state index contributed by atoms with van der Waals surface area (Å²) in [5, 5.41) is 4.34. The first-order chi connectivity index (χ1) is 9.76. The Balaban J connectivity index is 2.47. The maximum atomic E-state index is 12.6. The lowest BCUT2D eigenvalue weighted by Crippen LogP contribution is -2.15. The van der Waals surface area contributed by atoms with E-state index in [-0.39, 0.29) is 0 Å². The number of sulfonamides is 1. The van der Waals surface area contributed by atoms with Gasteiger partial charge in [0, 0.05) is 6.54 Å². The van der Waals surface area contributed by atoms with E-state index in [2.05, 4.69) is 9.82 Å². The molecule has 114 valence electrons. The molecule has 1 N–H and O–H groups in total. The number of nitrogens with zero attached hydrogens (tertiary/aromatic N) is 2. The average molecular weight is 307 g/mol. The van der Waals surface area contributed by atoms with E-state index in [1.807, 2.05) is 32.9 Å². The minimum Gasteiger partial charge on any atom is -0.276 e. The van der Waals surface area contributed by atoms with Gasteiger partial charge in [-0.15, -0.1) is 0 Å². The number of aromatic nitrogens is 2. The third-order valence-corrected chi connectivity index (χ3v) is 5.04. The van der Waals surface area contributed by atoms with Gasteiger partial charge in [-0.3, -0.25) is 9.40 Å². The van der Waals surface area contributed by atoms with Crippen molar-refractivity contribution in [3.8, 4) is 0 Å². The van der Waals surface area contributed by atoms with Crippen LogP contribution in [0.4, 0.5) is 5.69 Å². The van der Waals surface area contributed by atoms with Crippen LogP contribution >= 0.6 is 0 Å². The van der Waals surface area contributed by atoms with Gasteiger partial charge in [0.2, 0.25) is 0 Å². The highest BCUT2D eigenvalue weighted by molar-refractivity contribution is 7.92. The summed E-state index contributed by atoms with van der Waals surface area (Å²) in [5.74, 6) is 0. The molecule has 21 heavy (non-hydrogen) atoms. The number of hydrogen-bond donors (Lipinski definition) is 1. The van der Waals surface area contributed by atoms with Crippen molar-refractivity contribution >= 4 is 15.7 Å². The van der Waals surface area contributed by atoms with E-state index in [0.29, 0.717) is 22.8 Å². The Morgan fingerprint density at radius 1 is 1.19 bits per heavy atom. The minimum absolute atomic E-state index is 0.311. The maximum absolute atomic E-state index is 12.6. The zero-order chi connectivity index (χ0) is 15.8. The normalized spacial score (nSPS) is 11.7. The molecule has 0 amide bonds. The van der Waals surface area contributed by atoms with Crippen LogP contribution in [-0.2, 0) is 16.6 Å². The van der Waals surface area contributed by atoms with Gasteiger partial charge in [0.05, 0.1) is 22.0 Å². The molecule has 0 radical (unpaired) electrons. The van der Waals surface area contributed by atoms with Gasteiger partial charge in [-0.25, -0.2) is 8.42 Å². The molecule has 0 unspecified atom stereocenters. The molecule has 2 aromatic rings. The van der Waals surface area contributed by atoms with Gasteiger partial charge >= 0.3 is 0 Å². The summed E-state index contributed by atoms with van der Waals surface area (Å²) in [6.07, 6.45) is 0. The van der Waals surface area contributed by atoms with Crippen LogP contribution in [0.15, 0.2) is 23.1 Å². The molecule has 0 bridgehead atoms. The van der Waals surface area contributed by atoms with Crippen LogP contribution in [0, 0.1) is 27.7 Å². The van der Waals surface area contributed by atoms with Crippen molar-refractivity contribution in [1.82, 2.24) is 9.78 Å². The number of nitrogens with one attached hydrogen (secondary N) is 1. The highest BCUT2D eigenvalue weighted by Crippen LogP contribution is 2.25. The Morgan fingerprint density at radius 3 is 2.43 bits per heavy atom. The maximum Gasteiger partial charge on any atom is 0.262 e. The van der Waals surface area contributed by atoms with Crippen LogP contribution in [0.5, 0.6) is 0 Å². The molecule has 0 spiro atoms. The molecule has 0 atom stereocenters. The number of hydrogen-bond acceptors (Lipinski definition) is 3. The number of anilines is 1. The summed E-state index contributed by atoms with van der Waals surface area (Å²) in [4.78, 5) is 0.311. The van der Waals surface area contributed by atoms with Gasteiger partial charge in [0.1, 0.15) is 0 Å². The molecule has 0 aliphatic carbocycles. The molecule has 6 heteroatoms. The molecule has 0 fully saturated rings. The van der Waals surface area contributed by atoms with Crippen molar-refractivity contribution in [3.05, 3.63) is 40.7 Å². The average Bonchev–Trinajstić information content (AvgIpc) is 2.68. The Bertz CT molecular complexity index is 776. The van der Waals surface area contributed by atoms with E-state index in [1.165, 1.54) is 0 Å². The molecule has 0 aliphatic rings. The molecule has 1 heterocycles. The summed E-state index contributed by atoms with van der Waals surface area (Å²) in [6, 6.07) is 5.41. The van der Waals surface area contributed by atoms with Crippen molar-refractivity contribution in [3.63, 3.8) is 0 Å². The minimum atomic E-state index is -3.61. The number of aryl methyl sites for hydroxylation is 4. The van der Waals surface area contributed by atoms with Crippen LogP contribution < -0.4 is 4.72 Å². The van der Waals surface area contributed by atoms with E-state index >= 15 is 0 Å². The van der Waals surface area contributed by atoms with Gasteiger partial charge < -0.3 is 0 Å². The highest BCUT2D eigenvalue weighted by atomic mass is 32.2. The summed E-state index contributed by atoms with van der Waals surface area (Å²) in [6.45, 7) is 10.0. The number of benzene rings is 1. The van der Waals surface area contributed by atoms with Gasteiger partial charge in [0.25, 0.3) is 10.0 Å². The van der Waals surface area contributed by atoms with Gasteiger partial charge in [-0.05, 0) is 51.8 Å². The zero-order valence-electron chi connectivity index (χ0n) is 13.1. The first-order valence-electron chi connectivity index (χ1n) is 6.90. The van der Waals surface area contributed by atoms with Crippen molar-refractivity contribution in [1.29, 1.82) is 0 Å². The fourth-order valence-electron chi connectivity index (χ4n) is 2.34. The molecular weight excluding hydrogens is 286 g/mol. The van der Waals surface area contributed by atoms with E-state index in [9.17, 15) is 8.42 Å². The fourth-order valence-corrected chi connectivity index (χ4v) is 3.85. The van der Waals surface area contributed by atoms with Crippen molar-refractivity contribution in [2.24, 2.45) is 0 Å². The van der Waals surface area contributed by atoms with E-state index in [1.54, 1.807) is 24.6 Å². The molecular formula is C15H21N3O2S. The molecule has 1 aromatic heterocycles. The fraction of sp³-hybridized carbons (Fsp3) is 0.400. The lowest BCUT2D eigenvalue weighted by Gasteiger charge is -2.11. The Morgan fingerprint density at radius 2 is 1.86 bits per heavy atom. The van der Waals surface area contributed by atoms with E-state index < -0.39 is 10.0 Å². The predicted octanol–water partition coefficient (Wildman–Crippen LogP) is 2.94. The van der Waals surface area contributed by atoms with Crippen LogP contribution in [0.25, 0.3) is 0 Å². The molecule has 0 saturated heterocycles. The summed E-state index contributed by atoms with van der Waals surface area (Å²) in [5.41, 5.74) is 3.72. The summed E-state index contributed by atoms with van der Waals surface area (Å²) < 4.78 is 29.7. The van der Waals surface area contributed by atoms with Crippen LogP contribution in [0.3, 0.4) is 0 Å². The van der Waals surface area contributed by atoms with Crippen LogP contribution in [0.1, 0.15) is 29.4 Å². The van der Waals surface area contributed by atoms with Crippen molar-refractivity contribution in [2.45, 2.75) is 46.1 Å². The quantitative estimate of drug-likeness (QED) is 0.944. The third kappa shape index (κ3) is 2.95. The van der Waals surface area contributed by atoms with E-state index in [0.717, 1.165) is 16.8 Å². The van der Waals surface area contributed by atoms with E-state index in [4.69, 9.17) is 0 Å². The monoisotopic (exact) mass is 307 g/mol. The molecule has 2 rings (SSSR count). The largest absolute Gasteiger partial charge is 0.276 e. The Kier molecular flexibility index (Phi) is 4.09. The van der Waals surface area contributed by atoms with Gasteiger partial charge in [0.15, 0.2) is 0 Å². The first kappa shape index (κ1) is 15.6. The molecule has 0 saturated carbocycles. The highest BCUT2D eigenvalue weighted by Gasteiger charge is 2.21. The lowest BCUT2D eigenvalue weighted by atomic mass is 10.2. The van der Waals surface area contributed by atoms with Gasteiger partial charge in [-0.1, -0.05) is 12.1 Å².